The second kappa shape index (κ2) is 11.6. The molecule has 1 aromatic carbocycles. The van der Waals surface area contributed by atoms with Crippen LogP contribution in [0.3, 0.4) is 0 Å². The lowest BCUT2D eigenvalue weighted by Gasteiger charge is -2.34. The number of benzene rings is 1. The molecular weight excluding hydrogens is 486 g/mol. The number of hydrogen-bond donors (Lipinski definition) is 0. The topological polar surface area (TPSA) is 74.7 Å². The first-order chi connectivity index (χ1) is 16.0. The molecule has 33 heavy (non-hydrogen) atoms. The van der Waals surface area contributed by atoms with Crippen molar-refractivity contribution in [1.82, 2.24) is 4.98 Å². The van der Waals surface area contributed by atoms with Gasteiger partial charge in [-0.05, 0) is 55.9 Å². The summed E-state index contributed by atoms with van der Waals surface area (Å²) in [6.07, 6.45) is 3.70. The molecule has 7 heteroatoms. The zero-order valence-corrected chi connectivity index (χ0v) is 21.4. The van der Waals surface area contributed by atoms with E-state index >= 15 is 0 Å². The molecule has 6 nitrogen and oxygen atoms in total. The van der Waals surface area contributed by atoms with Crippen molar-refractivity contribution in [3.8, 4) is 5.88 Å². The number of rotatable bonds is 11. The Morgan fingerprint density at radius 3 is 2.27 bits per heavy atom. The molecule has 0 spiro atoms. The third kappa shape index (κ3) is 5.40. The van der Waals surface area contributed by atoms with Crippen LogP contribution in [-0.4, -0.2) is 36.7 Å². The van der Waals surface area contributed by atoms with Crippen molar-refractivity contribution in [2.45, 2.75) is 65.2 Å². The molecule has 1 heterocycles. The third-order valence-corrected chi connectivity index (χ3v) is 6.51. The van der Waals surface area contributed by atoms with Gasteiger partial charge in [0.1, 0.15) is 5.56 Å². The average molecular weight is 518 g/mol. The van der Waals surface area contributed by atoms with Crippen LogP contribution in [0.4, 0.5) is 0 Å². The van der Waals surface area contributed by atoms with Crippen LogP contribution >= 0.6 is 15.9 Å². The molecule has 2 bridgehead atoms. The summed E-state index contributed by atoms with van der Waals surface area (Å²) in [5.41, 5.74) is 3.28. The Bertz CT molecular complexity index is 1010. The summed E-state index contributed by atoms with van der Waals surface area (Å²) in [4.78, 5) is 30.6. The highest BCUT2D eigenvalue weighted by molar-refractivity contribution is 9.10. The summed E-state index contributed by atoms with van der Waals surface area (Å²) < 4.78 is 17.6. The Morgan fingerprint density at radius 1 is 0.970 bits per heavy atom. The molecule has 2 aliphatic carbocycles. The lowest BCUT2D eigenvalue weighted by molar-refractivity contribution is 0.0518. The summed E-state index contributed by atoms with van der Waals surface area (Å²) in [5.74, 6) is -0.824. The van der Waals surface area contributed by atoms with Gasteiger partial charge in [0.2, 0.25) is 5.88 Å². The van der Waals surface area contributed by atoms with Crippen LogP contribution in [0.2, 0.25) is 0 Å². The van der Waals surface area contributed by atoms with Gasteiger partial charge in [-0.25, -0.2) is 14.6 Å². The van der Waals surface area contributed by atoms with Crippen molar-refractivity contribution in [2.75, 3.05) is 19.8 Å². The summed E-state index contributed by atoms with van der Waals surface area (Å²) in [6.45, 7) is 8.58. The molecule has 0 N–H and O–H groups in total. The summed E-state index contributed by atoms with van der Waals surface area (Å²) in [7, 11) is 0. The Balaban J connectivity index is 2.20. The fourth-order valence-electron chi connectivity index (χ4n) is 4.33. The van der Waals surface area contributed by atoms with Crippen molar-refractivity contribution in [1.29, 1.82) is 0 Å². The molecule has 1 aromatic heterocycles. The number of carbonyl (C=O) groups is 2. The number of nitrogens with zero attached hydrogens (tertiary/aromatic N) is 1. The minimum Gasteiger partial charge on any atom is -0.477 e. The van der Waals surface area contributed by atoms with Crippen molar-refractivity contribution in [3.63, 3.8) is 0 Å². The summed E-state index contributed by atoms with van der Waals surface area (Å²) in [5, 5.41) is 0. The summed E-state index contributed by atoms with van der Waals surface area (Å²) in [6, 6.07) is 7.83. The van der Waals surface area contributed by atoms with Crippen LogP contribution in [0.15, 0.2) is 28.7 Å². The van der Waals surface area contributed by atoms with Crippen LogP contribution in [0.5, 0.6) is 5.88 Å². The van der Waals surface area contributed by atoms with Gasteiger partial charge in [0, 0.05) is 10.4 Å². The fourth-order valence-corrected chi connectivity index (χ4v) is 5.02. The SMILES string of the molecule is CCCCOc1nc(C2c3ccc(c(Br)c3)C2CCC)c(C(=O)OCC)cc1C(=O)OCC. The molecule has 178 valence electrons. The van der Waals surface area contributed by atoms with Crippen molar-refractivity contribution in [2.24, 2.45) is 0 Å². The van der Waals surface area contributed by atoms with Gasteiger partial charge < -0.3 is 14.2 Å². The highest BCUT2D eigenvalue weighted by Gasteiger charge is 2.37. The van der Waals surface area contributed by atoms with E-state index in [9.17, 15) is 9.59 Å². The predicted molar refractivity (Wildman–Crippen MR) is 130 cm³/mol. The second-order valence-corrected chi connectivity index (χ2v) is 8.92. The molecule has 2 atom stereocenters. The molecule has 0 saturated carbocycles. The molecule has 4 rings (SSSR count). The van der Waals surface area contributed by atoms with Gasteiger partial charge in [-0.2, -0.15) is 0 Å². The number of carbonyl (C=O) groups excluding carboxylic acids is 2. The molecule has 0 saturated heterocycles. The van der Waals surface area contributed by atoms with E-state index in [0.717, 1.165) is 35.7 Å². The number of aromatic nitrogens is 1. The minimum atomic E-state index is -0.562. The normalized spacial score (nSPS) is 16.5. The van der Waals surface area contributed by atoms with Crippen molar-refractivity contribution >= 4 is 27.9 Å². The van der Waals surface area contributed by atoms with Gasteiger partial charge in [0.25, 0.3) is 0 Å². The Morgan fingerprint density at radius 2 is 1.67 bits per heavy atom. The molecule has 2 unspecified atom stereocenters. The summed E-state index contributed by atoms with van der Waals surface area (Å²) >= 11 is 3.69. The number of esters is 2. The van der Waals surface area contributed by atoms with Crippen molar-refractivity contribution in [3.05, 3.63) is 56.7 Å². The Labute approximate surface area is 204 Å². The van der Waals surface area contributed by atoms with Gasteiger partial charge in [-0.1, -0.05) is 54.8 Å². The van der Waals surface area contributed by atoms with Crippen LogP contribution in [0.25, 0.3) is 0 Å². The molecule has 0 amide bonds. The van der Waals surface area contributed by atoms with Gasteiger partial charge >= 0.3 is 11.9 Å². The Kier molecular flexibility index (Phi) is 8.89. The van der Waals surface area contributed by atoms with E-state index in [4.69, 9.17) is 19.2 Å². The number of pyridine rings is 1. The zero-order valence-electron chi connectivity index (χ0n) is 19.8. The number of ether oxygens (including phenoxy) is 3. The zero-order chi connectivity index (χ0) is 24.0. The van der Waals surface area contributed by atoms with E-state index in [1.54, 1.807) is 19.9 Å². The molecule has 0 fully saturated rings. The first-order valence-electron chi connectivity index (χ1n) is 11.8. The highest BCUT2D eigenvalue weighted by atomic mass is 79.9. The monoisotopic (exact) mass is 517 g/mol. The minimum absolute atomic E-state index is 0.129. The van der Waals surface area contributed by atoms with E-state index < -0.39 is 11.9 Å². The van der Waals surface area contributed by atoms with Gasteiger partial charge in [0.15, 0.2) is 0 Å². The molecule has 0 aliphatic heterocycles. The van der Waals surface area contributed by atoms with Crippen LogP contribution in [0.1, 0.15) is 103 Å². The number of fused-ring (bicyclic) bond motifs is 3. The van der Waals surface area contributed by atoms with Gasteiger partial charge in [0.05, 0.1) is 31.1 Å². The lowest BCUT2D eigenvalue weighted by Crippen LogP contribution is -2.24. The smallest absolute Gasteiger partial charge is 0.343 e. The van der Waals surface area contributed by atoms with Crippen molar-refractivity contribution < 1.29 is 23.8 Å². The van der Waals surface area contributed by atoms with E-state index in [0.29, 0.717) is 12.3 Å². The van der Waals surface area contributed by atoms with E-state index in [-0.39, 0.29) is 42.1 Å². The standard InChI is InChI=1S/C26H32BrNO5/c1-5-9-13-33-24-20(26(30)32-8-4)15-19(25(29)31-7-3)23(28-24)22-16-11-12-17(21(27)14-16)18(22)10-6-2/h11-12,14-15,18,22H,5-10,13H2,1-4H3. The van der Waals surface area contributed by atoms with Crippen LogP contribution in [-0.2, 0) is 9.47 Å². The predicted octanol–water partition coefficient (Wildman–Crippen LogP) is 6.41. The average Bonchev–Trinajstić information content (AvgIpc) is 2.79. The largest absolute Gasteiger partial charge is 0.477 e. The maximum absolute atomic E-state index is 13.0. The molecule has 2 aromatic rings. The maximum Gasteiger partial charge on any atom is 0.343 e. The van der Waals surface area contributed by atoms with E-state index in [1.807, 2.05) is 0 Å². The number of halogens is 1. The molecule has 0 radical (unpaired) electrons. The van der Waals surface area contributed by atoms with Crippen LogP contribution in [0, 0.1) is 0 Å². The number of unbranched alkanes of at least 4 members (excludes halogenated alkanes) is 1. The van der Waals surface area contributed by atoms with E-state index in [1.165, 1.54) is 5.56 Å². The van der Waals surface area contributed by atoms with Gasteiger partial charge in [-0.15, -0.1) is 0 Å². The maximum atomic E-state index is 13.0. The van der Waals surface area contributed by atoms with Gasteiger partial charge in [-0.3, -0.25) is 0 Å². The molecular formula is C26H32BrNO5. The first kappa shape index (κ1) is 25.2. The van der Waals surface area contributed by atoms with E-state index in [2.05, 4.69) is 48.0 Å². The molecule has 2 aliphatic rings. The fraction of sp³-hybridized carbons (Fsp3) is 0.500. The highest BCUT2D eigenvalue weighted by Crippen LogP contribution is 2.49. The quantitative estimate of drug-likeness (QED) is 0.253. The second-order valence-electron chi connectivity index (χ2n) is 8.07. The first-order valence-corrected chi connectivity index (χ1v) is 12.6. The lowest BCUT2D eigenvalue weighted by atomic mass is 9.71. The third-order valence-electron chi connectivity index (χ3n) is 5.82. The van der Waals surface area contributed by atoms with Crippen LogP contribution < -0.4 is 4.74 Å². The Hall–Kier alpha value is -2.41. The number of hydrogen-bond acceptors (Lipinski definition) is 6.